The first-order valence-corrected chi connectivity index (χ1v) is 11.7. The van der Waals surface area contributed by atoms with Crippen molar-refractivity contribution in [2.45, 2.75) is 63.4 Å². The summed E-state index contributed by atoms with van der Waals surface area (Å²) in [5.74, 6) is 0.673. The molecule has 2 N–H and O–H groups in total. The van der Waals surface area contributed by atoms with Crippen molar-refractivity contribution in [3.63, 3.8) is 0 Å². The molecule has 2 fully saturated rings. The first-order chi connectivity index (χ1) is 15.5. The second kappa shape index (κ2) is 12.1. The molecule has 2 saturated heterocycles. The maximum Gasteiger partial charge on any atom is 0.191 e. The zero-order valence-corrected chi connectivity index (χ0v) is 22.3. The van der Waals surface area contributed by atoms with Crippen LogP contribution in [0.25, 0.3) is 0 Å². The summed E-state index contributed by atoms with van der Waals surface area (Å²) in [6.45, 7) is 2.27. The molecule has 2 atom stereocenters. The summed E-state index contributed by atoms with van der Waals surface area (Å²) < 4.78 is 14.1. The topological polar surface area (TPSA) is 42.9 Å². The monoisotopic (exact) mass is 565 g/mol. The van der Waals surface area contributed by atoms with Crippen molar-refractivity contribution in [2.24, 2.45) is 4.99 Å². The Balaban J connectivity index is 0.00000306. The summed E-state index contributed by atoms with van der Waals surface area (Å²) in [6, 6.07) is 17.9. The molecular weight excluding hydrogens is 528 g/mol. The third kappa shape index (κ3) is 6.90. The van der Waals surface area contributed by atoms with E-state index in [1.54, 1.807) is 6.07 Å². The third-order valence-electron chi connectivity index (χ3n) is 6.71. The van der Waals surface area contributed by atoms with E-state index in [9.17, 15) is 4.39 Å². The summed E-state index contributed by atoms with van der Waals surface area (Å²) in [5.41, 5.74) is 3.18. The maximum atomic E-state index is 14.1. The van der Waals surface area contributed by atoms with Crippen molar-refractivity contribution in [2.75, 3.05) is 21.1 Å². The Hall–Kier alpha value is -1.71. The Morgan fingerprint density at radius 3 is 2.39 bits per heavy atom. The van der Waals surface area contributed by atoms with E-state index in [-0.39, 0.29) is 29.8 Å². The van der Waals surface area contributed by atoms with Gasteiger partial charge in [-0.2, -0.15) is 0 Å². The molecule has 180 valence electrons. The van der Waals surface area contributed by atoms with Crippen molar-refractivity contribution in [3.8, 4) is 0 Å². The van der Waals surface area contributed by atoms with E-state index >= 15 is 0 Å². The number of nitrogens with zero attached hydrogens (tertiary/aromatic N) is 3. The van der Waals surface area contributed by atoms with E-state index in [1.165, 1.54) is 18.4 Å². The fourth-order valence-corrected chi connectivity index (χ4v) is 5.22. The minimum atomic E-state index is -0.150. The molecule has 2 aromatic carbocycles. The van der Waals surface area contributed by atoms with E-state index in [2.05, 4.69) is 50.9 Å². The minimum absolute atomic E-state index is 0. The lowest BCUT2D eigenvalue weighted by molar-refractivity contribution is 0.114. The number of hydrogen-bond donors (Lipinski definition) is 2. The van der Waals surface area contributed by atoms with Gasteiger partial charge in [0.25, 0.3) is 0 Å². The number of benzene rings is 2. The minimum Gasteiger partial charge on any atom is -0.354 e. The number of rotatable bonds is 7. The van der Waals surface area contributed by atoms with Crippen LogP contribution in [0.1, 0.15) is 42.4 Å². The quantitative estimate of drug-likeness (QED) is 0.298. The van der Waals surface area contributed by atoms with Gasteiger partial charge in [-0.1, -0.05) is 36.4 Å². The highest BCUT2D eigenvalue weighted by molar-refractivity contribution is 14.0. The van der Waals surface area contributed by atoms with E-state index in [0.29, 0.717) is 31.2 Å². The Kier molecular flexibility index (Phi) is 9.52. The van der Waals surface area contributed by atoms with Crippen LogP contribution in [-0.4, -0.2) is 55.0 Å². The molecule has 2 aromatic rings. The van der Waals surface area contributed by atoms with E-state index in [4.69, 9.17) is 0 Å². The summed E-state index contributed by atoms with van der Waals surface area (Å²) in [5, 5.41) is 7.07. The lowest BCUT2D eigenvalue weighted by atomic mass is 9.96. The maximum absolute atomic E-state index is 14.1. The Morgan fingerprint density at radius 1 is 1.06 bits per heavy atom. The Bertz CT molecular complexity index is 906. The number of guanidine groups is 1. The summed E-state index contributed by atoms with van der Waals surface area (Å²) >= 11 is 0. The average Bonchev–Trinajstić information content (AvgIpc) is 3.01. The van der Waals surface area contributed by atoms with E-state index in [1.807, 2.05) is 38.2 Å². The zero-order valence-electron chi connectivity index (χ0n) is 19.9. The Morgan fingerprint density at radius 2 is 1.76 bits per heavy atom. The third-order valence-corrected chi connectivity index (χ3v) is 6.71. The molecule has 2 heterocycles. The second-order valence-corrected chi connectivity index (χ2v) is 9.44. The molecule has 7 heteroatoms. The number of piperidine rings is 1. The number of nitrogens with one attached hydrogen (secondary N) is 2. The summed E-state index contributed by atoms with van der Waals surface area (Å²) in [6.07, 6.45) is 4.86. The molecule has 2 unspecified atom stereocenters. The fraction of sp³-hybridized carbons (Fsp3) is 0.500. The predicted molar refractivity (Wildman–Crippen MR) is 144 cm³/mol. The number of halogens is 2. The van der Waals surface area contributed by atoms with Gasteiger partial charge >= 0.3 is 0 Å². The van der Waals surface area contributed by atoms with Gasteiger partial charge in [-0.15, -0.1) is 24.0 Å². The molecule has 0 amide bonds. The van der Waals surface area contributed by atoms with Crippen molar-refractivity contribution < 1.29 is 4.39 Å². The van der Waals surface area contributed by atoms with Crippen LogP contribution >= 0.6 is 24.0 Å². The van der Waals surface area contributed by atoms with Crippen LogP contribution < -0.4 is 10.6 Å². The number of aliphatic imine (C=N–C) groups is 1. The highest BCUT2D eigenvalue weighted by atomic mass is 127. The molecule has 2 bridgehead atoms. The predicted octanol–water partition coefficient (Wildman–Crippen LogP) is 4.37. The van der Waals surface area contributed by atoms with Crippen molar-refractivity contribution in [1.82, 2.24) is 20.4 Å². The highest BCUT2D eigenvalue weighted by Gasteiger charge is 2.40. The van der Waals surface area contributed by atoms with Gasteiger partial charge in [-0.25, -0.2) is 4.39 Å². The smallest absolute Gasteiger partial charge is 0.191 e. The largest absolute Gasteiger partial charge is 0.354 e. The molecule has 0 saturated carbocycles. The summed E-state index contributed by atoms with van der Waals surface area (Å²) in [4.78, 5) is 9.12. The summed E-state index contributed by atoms with van der Waals surface area (Å²) in [7, 11) is 5.72. The molecule has 0 aromatic heterocycles. The van der Waals surface area contributed by atoms with Crippen LogP contribution in [0, 0.1) is 5.82 Å². The molecule has 0 aliphatic carbocycles. The van der Waals surface area contributed by atoms with Crippen molar-refractivity contribution in [1.29, 1.82) is 0 Å². The fourth-order valence-electron chi connectivity index (χ4n) is 5.22. The van der Waals surface area contributed by atoms with Crippen molar-refractivity contribution >= 4 is 29.9 Å². The lowest BCUT2D eigenvalue weighted by Gasteiger charge is -2.39. The van der Waals surface area contributed by atoms with Gasteiger partial charge in [0.1, 0.15) is 5.82 Å². The van der Waals surface area contributed by atoms with Gasteiger partial charge in [0.15, 0.2) is 5.96 Å². The van der Waals surface area contributed by atoms with Gasteiger partial charge in [-0.05, 0) is 63.0 Å². The van der Waals surface area contributed by atoms with Gasteiger partial charge < -0.3 is 15.5 Å². The molecule has 0 radical (unpaired) electrons. The van der Waals surface area contributed by atoms with Gasteiger partial charge in [-0.3, -0.25) is 9.89 Å². The van der Waals surface area contributed by atoms with Crippen molar-refractivity contribution in [3.05, 3.63) is 71.0 Å². The van der Waals surface area contributed by atoms with Gasteiger partial charge in [0.2, 0.25) is 0 Å². The number of hydrogen-bond acceptors (Lipinski definition) is 3. The molecule has 33 heavy (non-hydrogen) atoms. The van der Waals surface area contributed by atoms with Crippen LogP contribution in [0.3, 0.4) is 0 Å². The normalized spacial score (nSPS) is 22.8. The zero-order chi connectivity index (χ0) is 22.5. The molecule has 0 spiro atoms. The molecule has 4 rings (SSSR count). The van der Waals surface area contributed by atoms with Crippen LogP contribution in [-0.2, 0) is 19.6 Å². The number of fused-ring (bicyclic) bond motifs is 2. The Labute approximate surface area is 214 Å². The van der Waals surface area contributed by atoms with Crippen LogP contribution in [0.5, 0.6) is 0 Å². The first kappa shape index (κ1) is 25.9. The SMILES string of the molecule is CN=C(NCc1ccc(F)c(CN(C)C)c1)NC1CC2CCC(C1)N2Cc1ccccc1.I. The van der Waals surface area contributed by atoms with Crippen LogP contribution in [0.4, 0.5) is 4.39 Å². The van der Waals surface area contributed by atoms with Gasteiger partial charge in [0.05, 0.1) is 0 Å². The average molecular weight is 566 g/mol. The molecule has 2 aliphatic heterocycles. The highest BCUT2D eigenvalue weighted by Crippen LogP contribution is 2.36. The first-order valence-electron chi connectivity index (χ1n) is 11.7. The molecule has 2 aliphatic rings. The second-order valence-electron chi connectivity index (χ2n) is 9.44. The van der Waals surface area contributed by atoms with E-state index in [0.717, 1.165) is 36.5 Å². The molecule has 5 nitrogen and oxygen atoms in total. The van der Waals surface area contributed by atoms with E-state index < -0.39 is 0 Å². The lowest BCUT2D eigenvalue weighted by Crippen LogP contribution is -2.52. The van der Waals surface area contributed by atoms with Gasteiger partial charge in [0, 0.05) is 50.4 Å². The van der Waals surface area contributed by atoms with Crippen LogP contribution in [0.15, 0.2) is 53.5 Å². The molecular formula is C26H37FIN5. The van der Waals surface area contributed by atoms with Crippen LogP contribution in [0.2, 0.25) is 0 Å². The standard InChI is InChI=1S/C26H36FN5.HI/c1-28-26(29-16-20-9-12-25(27)21(13-20)18-31(2)3)30-22-14-23-10-11-24(15-22)32(23)17-19-7-5-4-6-8-19;/h4-9,12-13,22-24H,10-11,14-18H2,1-3H3,(H2,28,29,30);1H.